The Morgan fingerprint density at radius 1 is 0.848 bits per heavy atom. The van der Waals surface area contributed by atoms with Crippen molar-refractivity contribution in [1.29, 1.82) is 0 Å². The first-order chi connectivity index (χ1) is 16.0. The maximum atomic E-state index is 13.1. The molecule has 2 heterocycles. The smallest absolute Gasteiger partial charge is 0.267 e. The number of nitrogens with one attached hydrogen (secondary N) is 1. The number of amides is 1. The Labute approximate surface area is 204 Å². The van der Waals surface area contributed by atoms with E-state index < -0.39 is 0 Å². The zero-order valence-electron chi connectivity index (χ0n) is 17.2. The molecule has 5 aromatic rings. The molecule has 0 aliphatic rings. The molecule has 0 unspecified atom stereocenters. The number of halogens is 2. The number of hydrogen-bond acceptors (Lipinski definition) is 4. The van der Waals surface area contributed by atoms with Crippen LogP contribution in [0.4, 0.5) is 11.4 Å². The van der Waals surface area contributed by atoms with Crippen molar-refractivity contribution in [3.05, 3.63) is 99.9 Å². The van der Waals surface area contributed by atoms with Gasteiger partial charge >= 0.3 is 0 Å². The largest absolute Gasteiger partial charge is 0.397 e. The van der Waals surface area contributed by atoms with Gasteiger partial charge in [-0.05, 0) is 35.4 Å². The Hall–Kier alpha value is -3.38. The second-order valence-corrected chi connectivity index (χ2v) is 9.21. The van der Waals surface area contributed by atoms with Crippen molar-refractivity contribution in [2.45, 2.75) is 0 Å². The molecular formula is C26H17Cl2N3OS. The molecule has 2 aromatic heterocycles. The summed E-state index contributed by atoms with van der Waals surface area (Å²) in [6.45, 7) is 0. The van der Waals surface area contributed by atoms with Gasteiger partial charge in [-0.25, -0.2) is 4.98 Å². The Balaban J connectivity index is 1.65. The number of fused-ring (bicyclic) bond motifs is 1. The average molecular weight is 490 g/mol. The summed E-state index contributed by atoms with van der Waals surface area (Å²) in [6.07, 6.45) is 0. The fourth-order valence-corrected chi connectivity index (χ4v) is 4.97. The van der Waals surface area contributed by atoms with E-state index in [2.05, 4.69) is 5.32 Å². The Morgan fingerprint density at radius 3 is 2.18 bits per heavy atom. The molecule has 0 spiro atoms. The number of hydrogen-bond donors (Lipinski definition) is 2. The molecule has 4 nitrogen and oxygen atoms in total. The van der Waals surface area contributed by atoms with Gasteiger partial charge in [-0.1, -0.05) is 83.9 Å². The van der Waals surface area contributed by atoms with Crippen molar-refractivity contribution in [1.82, 2.24) is 4.98 Å². The van der Waals surface area contributed by atoms with Crippen LogP contribution in [0.3, 0.4) is 0 Å². The fourth-order valence-electron chi connectivity index (χ4n) is 3.65. The highest BCUT2D eigenvalue weighted by molar-refractivity contribution is 7.21. The predicted molar refractivity (Wildman–Crippen MR) is 139 cm³/mol. The summed E-state index contributed by atoms with van der Waals surface area (Å²) >= 11 is 13.3. The number of rotatable bonds is 4. The number of benzene rings is 3. The van der Waals surface area contributed by atoms with Gasteiger partial charge in [0.05, 0.1) is 21.4 Å². The lowest BCUT2D eigenvalue weighted by atomic mass is 9.99. The van der Waals surface area contributed by atoms with E-state index in [1.807, 2.05) is 66.7 Å². The molecule has 0 fully saturated rings. The summed E-state index contributed by atoms with van der Waals surface area (Å²) in [4.78, 5) is 19.1. The molecule has 0 radical (unpaired) electrons. The normalized spacial score (nSPS) is 11.0. The van der Waals surface area contributed by atoms with E-state index in [9.17, 15) is 4.79 Å². The average Bonchev–Trinajstić information content (AvgIpc) is 3.18. The van der Waals surface area contributed by atoms with Gasteiger partial charge in [0.25, 0.3) is 5.91 Å². The molecule has 3 aromatic carbocycles. The first-order valence-corrected chi connectivity index (χ1v) is 11.7. The van der Waals surface area contributed by atoms with Gasteiger partial charge in [0, 0.05) is 16.6 Å². The fraction of sp³-hybridized carbons (Fsp3) is 0. The van der Waals surface area contributed by atoms with Crippen LogP contribution in [0.25, 0.3) is 32.6 Å². The van der Waals surface area contributed by atoms with Gasteiger partial charge in [0.2, 0.25) is 0 Å². The molecule has 3 N–H and O–H groups in total. The first kappa shape index (κ1) is 21.5. The number of pyridine rings is 1. The molecule has 0 aliphatic carbocycles. The highest BCUT2D eigenvalue weighted by Gasteiger charge is 2.22. The molecule has 7 heteroatoms. The molecule has 0 atom stereocenters. The van der Waals surface area contributed by atoms with Crippen LogP contribution in [0.1, 0.15) is 9.67 Å². The third kappa shape index (κ3) is 4.18. The van der Waals surface area contributed by atoms with Crippen molar-refractivity contribution >= 4 is 62.0 Å². The number of carbonyl (C=O) groups excluding carboxylic acids is 1. The Morgan fingerprint density at radius 2 is 1.52 bits per heavy atom. The van der Waals surface area contributed by atoms with Crippen LogP contribution in [-0.2, 0) is 0 Å². The first-order valence-electron chi connectivity index (χ1n) is 10.1. The summed E-state index contributed by atoms with van der Waals surface area (Å²) in [5, 5.41) is 4.40. The minimum atomic E-state index is -0.325. The molecular weight excluding hydrogens is 473 g/mol. The second-order valence-electron chi connectivity index (χ2n) is 7.40. The Kier molecular flexibility index (Phi) is 5.77. The van der Waals surface area contributed by atoms with E-state index >= 15 is 0 Å². The maximum Gasteiger partial charge on any atom is 0.267 e. The molecule has 0 aliphatic heterocycles. The van der Waals surface area contributed by atoms with Crippen molar-refractivity contribution < 1.29 is 4.79 Å². The number of thiophene rings is 1. The lowest BCUT2D eigenvalue weighted by Gasteiger charge is -2.09. The van der Waals surface area contributed by atoms with Crippen LogP contribution in [0.2, 0.25) is 10.0 Å². The minimum Gasteiger partial charge on any atom is -0.397 e. The summed E-state index contributed by atoms with van der Waals surface area (Å²) in [5.74, 6) is -0.325. The number of aromatic nitrogens is 1. The highest BCUT2D eigenvalue weighted by atomic mass is 35.5. The molecule has 0 saturated heterocycles. The zero-order valence-corrected chi connectivity index (χ0v) is 19.5. The lowest BCUT2D eigenvalue weighted by Crippen LogP contribution is -2.11. The second kappa shape index (κ2) is 8.87. The van der Waals surface area contributed by atoms with Crippen LogP contribution in [0.15, 0.2) is 84.9 Å². The number of carbonyl (C=O) groups is 1. The number of nitrogens with two attached hydrogens (primary N) is 1. The van der Waals surface area contributed by atoms with E-state index in [4.69, 9.17) is 33.9 Å². The summed E-state index contributed by atoms with van der Waals surface area (Å²) in [5.41, 5.74) is 11.2. The molecule has 0 bridgehead atoms. The summed E-state index contributed by atoms with van der Waals surface area (Å²) in [7, 11) is 0. The Bertz CT molecular complexity index is 1480. The van der Waals surface area contributed by atoms with Crippen LogP contribution >= 0.6 is 34.5 Å². The van der Waals surface area contributed by atoms with Gasteiger partial charge in [0.15, 0.2) is 0 Å². The summed E-state index contributed by atoms with van der Waals surface area (Å²) in [6, 6.07) is 26.9. The number of nitrogen functional groups attached to an aromatic ring is 1. The molecule has 162 valence electrons. The van der Waals surface area contributed by atoms with Gasteiger partial charge in [-0.3, -0.25) is 4.79 Å². The van der Waals surface area contributed by atoms with Gasteiger partial charge < -0.3 is 11.1 Å². The zero-order chi connectivity index (χ0) is 22.9. The van der Waals surface area contributed by atoms with Gasteiger partial charge in [0.1, 0.15) is 9.71 Å². The van der Waals surface area contributed by atoms with Crippen molar-refractivity contribution in [2.75, 3.05) is 11.1 Å². The maximum absolute atomic E-state index is 13.1. The predicted octanol–water partition coefficient (Wildman–Crippen LogP) is 7.77. The minimum absolute atomic E-state index is 0.325. The van der Waals surface area contributed by atoms with Crippen LogP contribution in [0, 0.1) is 0 Å². The van der Waals surface area contributed by atoms with E-state index in [1.165, 1.54) is 11.3 Å². The van der Waals surface area contributed by atoms with Gasteiger partial charge in [-0.15, -0.1) is 11.3 Å². The number of anilines is 2. The summed E-state index contributed by atoms with van der Waals surface area (Å²) < 4.78 is 0. The van der Waals surface area contributed by atoms with E-state index in [1.54, 1.807) is 18.2 Å². The van der Waals surface area contributed by atoms with E-state index in [-0.39, 0.29) is 5.91 Å². The molecule has 0 saturated carbocycles. The van der Waals surface area contributed by atoms with Crippen LogP contribution in [-0.4, -0.2) is 10.9 Å². The lowest BCUT2D eigenvalue weighted by molar-refractivity contribution is 0.103. The van der Waals surface area contributed by atoms with Crippen LogP contribution < -0.4 is 11.1 Å². The van der Waals surface area contributed by atoms with Gasteiger partial charge in [-0.2, -0.15) is 0 Å². The van der Waals surface area contributed by atoms with Crippen molar-refractivity contribution in [3.8, 4) is 22.4 Å². The third-order valence-corrected chi connectivity index (χ3v) is 7.07. The molecule has 5 rings (SSSR count). The van der Waals surface area contributed by atoms with Crippen LogP contribution in [0.5, 0.6) is 0 Å². The van der Waals surface area contributed by atoms with E-state index in [0.717, 1.165) is 27.8 Å². The number of nitrogens with zero attached hydrogens (tertiary/aromatic N) is 1. The third-order valence-electron chi connectivity index (χ3n) is 5.24. The van der Waals surface area contributed by atoms with Crippen molar-refractivity contribution in [3.63, 3.8) is 0 Å². The SMILES string of the molecule is Nc1c(C(=O)Nc2ccc(Cl)c(Cl)c2)sc2nc(-c3ccccc3)cc(-c3ccccc3)c12. The molecule has 1 amide bonds. The monoisotopic (exact) mass is 489 g/mol. The van der Waals surface area contributed by atoms with Crippen molar-refractivity contribution in [2.24, 2.45) is 0 Å². The molecule has 33 heavy (non-hydrogen) atoms. The highest BCUT2D eigenvalue weighted by Crippen LogP contribution is 2.41. The quantitative estimate of drug-likeness (QED) is 0.270. The van der Waals surface area contributed by atoms with E-state index in [0.29, 0.717) is 31.1 Å². The topological polar surface area (TPSA) is 68.0 Å². The standard InChI is InChI=1S/C26H17Cl2N3OS/c27-19-12-11-17(13-20(19)28)30-25(32)24-23(29)22-18(15-7-3-1-4-8-15)14-21(31-26(22)33-24)16-9-5-2-6-10-16/h1-14H,29H2,(H,30,32).